The first kappa shape index (κ1) is 33.4. The fraction of sp³-hybridized carbons (Fsp3) is 0.0566. The van der Waals surface area contributed by atoms with Crippen molar-refractivity contribution < 1.29 is 8.83 Å². The number of nitrogens with zero attached hydrogens (tertiary/aromatic N) is 4. The second kappa shape index (κ2) is 12.7. The number of rotatable bonds is 5. The number of fused-ring (bicyclic) bond motifs is 10. The topological polar surface area (TPSA) is 77.8 Å². The van der Waals surface area contributed by atoms with Crippen LogP contribution in [0, 0.1) is 0 Å². The molecule has 1 aliphatic carbocycles. The Morgan fingerprint density at radius 3 is 1.83 bits per heavy atom. The maximum atomic E-state index is 6.53. The second-order valence-electron chi connectivity index (χ2n) is 15.8. The Morgan fingerprint density at radius 1 is 0.407 bits per heavy atom. The van der Waals surface area contributed by atoms with E-state index >= 15 is 0 Å². The van der Waals surface area contributed by atoms with Gasteiger partial charge >= 0.3 is 0 Å². The monoisotopic (exact) mass is 758 g/mol. The lowest BCUT2D eigenvalue weighted by atomic mass is 9.82. The van der Waals surface area contributed by atoms with Gasteiger partial charge in [0.25, 0.3) is 0 Å². The summed E-state index contributed by atoms with van der Waals surface area (Å²) >= 11 is 0. The molecule has 3 heterocycles. The predicted molar refractivity (Wildman–Crippen MR) is 237 cm³/mol. The third kappa shape index (κ3) is 5.26. The van der Waals surface area contributed by atoms with Crippen molar-refractivity contribution in [1.82, 2.24) is 19.9 Å². The highest BCUT2D eigenvalue weighted by atomic mass is 16.3. The number of hydrogen-bond acceptors (Lipinski definition) is 6. The third-order valence-corrected chi connectivity index (χ3v) is 12.0. The zero-order valence-corrected chi connectivity index (χ0v) is 32.3. The Labute approximate surface area is 339 Å². The van der Waals surface area contributed by atoms with Crippen LogP contribution < -0.4 is 0 Å². The van der Waals surface area contributed by atoms with Crippen molar-refractivity contribution >= 4 is 43.8 Å². The molecule has 59 heavy (non-hydrogen) atoms. The van der Waals surface area contributed by atoms with Gasteiger partial charge in [-0.3, -0.25) is 0 Å². The average molecular weight is 759 g/mol. The zero-order chi connectivity index (χ0) is 39.2. The van der Waals surface area contributed by atoms with Crippen LogP contribution in [-0.2, 0) is 5.41 Å². The molecule has 12 rings (SSSR count). The first-order valence-electron chi connectivity index (χ1n) is 19.9. The van der Waals surface area contributed by atoms with E-state index in [2.05, 4.69) is 111 Å². The molecule has 0 saturated heterocycles. The highest BCUT2D eigenvalue weighted by Crippen LogP contribution is 2.49. The van der Waals surface area contributed by atoms with Gasteiger partial charge in [0.2, 0.25) is 5.89 Å². The standard InChI is InChI=1S/C53H34N4O2/c1-53(2)41-19-10-9-18-38(41)39-24-20-37(30-42(39)53)51-56-49(32-12-5-3-6-13-32)55-50(57-51)36-17-11-16-34(28-36)35-23-26-44-40(29-35)47-45(58-44)27-22-31-21-25-43-48(46(31)47)59-52(54-43)33-14-7-4-8-15-33/h3-30H,1-2H3. The molecule has 0 N–H and O–H groups in total. The maximum absolute atomic E-state index is 6.53. The van der Waals surface area contributed by atoms with Crippen LogP contribution in [0.15, 0.2) is 179 Å². The van der Waals surface area contributed by atoms with E-state index < -0.39 is 0 Å². The van der Waals surface area contributed by atoms with Crippen molar-refractivity contribution in [3.05, 3.63) is 181 Å². The number of benzene rings is 8. The molecule has 0 amide bonds. The molecule has 278 valence electrons. The van der Waals surface area contributed by atoms with Gasteiger partial charge in [-0.2, -0.15) is 0 Å². The summed E-state index contributed by atoms with van der Waals surface area (Å²) in [5, 5.41) is 4.07. The van der Waals surface area contributed by atoms with Gasteiger partial charge in [-0.05, 0) is 87.3 Å². The van der Waals surface area contributed by atoms with Crippen LogP contribution in [0.3, 0.4) is 0 Å². The van der Waals surface area contributed by atoms with Crippen molar-refractivity contribution in [2.75, 3.05) is 0 Å². The number of furan rings is 1. The molecule has 0 spiro atoms. The van der Waals surface area contributed by atoms with Gasteiger partial charge in [-0.15, -0.1) is 0 Å². The molecule has 6 nitrogen and oxygen atoms in total. The minimum atomic E-state index is -0.145. The molecule has 0 saturated carbocycles. The molecule has 8 aromatic carbocycles. The largest absolute Gasteiger partial charge is 0.456 e. The van der Waals surface area contributed by atoms with Crippen LogP contribution in [0.5, 0.6) is 0 Å². The fourth-order valence-electron chi connectivity index (χ4n) is 8.98. The number of aromatic nitrogens is 4. The highest BCUT2D eigenvalue weighted by Gasteiger charge is 2.35. The molecule has 0 aliphatic heterocycles. The Balaban J connectivity index is 0.991. The lowest BCUT2D eigenvalue weighted by Gasteiger charge is -2.21. The summed E-state index contributed by atoms with van der Waals surface area (Å²) in [6.45, 7) is 4.59. The lowest BCUT2D eigenvalue weighted by Crippen LogP contribution is -2.15. The van der Waals surface area contributed by atoms with E-state index in [1.54, 1.807) is 0 Å². The zero-order valence-electron chi connectivity index (χ0n) is 32.3. The predicted octanol–water partition coefficient (Wildman–Crippen LogP) is 13.7. The number of hydrogen-bond donors (Lipinski definition) is 0. The third-order valence-electron chi connectivity index (χ3n) is 12.0. The summed E-state index contributed by atoms with van der Waals surface area (Å²) in [4.78, 5) is 20.2. The van der Waals surface area contributed by atoms with Crippen LogP contribution in [0.25, 0.3) is 112 Å². The van der Waals surface area contributed by atoms with E-state index in [0.717, 1.165) is 77.2 Å². The average Bonchev–Trinajstić information content (AvgIpc) is 3.97. The van der Waals surface area contributed by atoms with E-state index in [9.17, 15) is 0 Å². The molecule has 0 unspecified atom stereocenters. The normalized spacial score (nSPS) is 13.1. The lowest BCUT2D eigenvalue weighted by molar-refractivity contribution is 0.623. The number of oxazole rings is 1. The molecule has 0 radical (unpaired) electrons. The summed E-state index contributed by atoms with van der Waals surface area (Å²) in [5.41, 5.74) is 14.0. The minimum Gasteiger partial charge on any atom is -0.456 e. The van der Waals surface area contributed by atoms with Gasteiger partial charge in [0.05, 0.1) is 0 Å². The molecule has 6 heteroatoms. The van der Waals surface area contributed by atoms with Crippen molar-refractivity contribution in [2.24, 2.45) is 0 Å². The van der Waals surface area contributed by atoms with Gasteiger partial charge in [0.15, 0.2) is 23.1 Å². The van der Waals surface area contributed by atoms with Crippen LogP contribution in [-0.4, -0.2) is 19.9 Å². The van der Waals surface area contributed by atoms with Gasteiger partial charge in [0, 0.05) is 43.8 Å². The Morgan fingerprint density at radius 2 is 1.02 bits per heavy atom. The van der Waals surface area contributed by atoms with Crippen molar-refractivity contribution in [1.29, 1.82) is 0 Å². The first-order chi connectivity index (χ1) is 29.0. The van der Waals surface area contributed by atoms with E-state index in [1.165, 1.54) is 22.3 Å². The minimum absolute atomic E-state index is 0.145. The fourth-order valence-corrected chi connectivity index (χ4v) is 8.98. The summed E-state index contributed by atoms with van der Waals surface area (Å²) in [6, 6.07) is 58.6. The Kier molecular flexibility index (Phi) is 7.17. The van der Waals surface area contributed by atoms with Crippen molar-refractivity contribution in [2.45, 2.75) is 19.3 Å². The van der Waals surface area contributed by atoms with Gasteiger partial charge < -0.3 is 8.83 Å². The summed E-state index contributed by atoms with van der Waals surface area (Å²) in [5.74, 6) is 2.48. The quantitative estimate of drug-likeness (QED) is 0.174. The molecule has 0 atom stereocenters. The molecule has 0 bridgehead atoms. The summed E-state index contributed by atoms with van der Waals surface area (Å²) in [7, 11) is 0. The smallest absolute Gasteiger partial charge is 0.227 e. The van der Waals surface area contributed by atoms with E-state index in [-0.39, 0.29) is 5.41 Å². The van der Waals surface area contributed by atoms with Crippen LogP contribution in [0.4, 0.5) is 0 Å². The first-order valence-corrected chi connectivity index (χ1v) is 19.9. The van der Waals surface area contributed by atoms with Crippen LogP contribution in [0.1, 0.15) is 25.0 Å². The Hall–Kier alpha value is -7.70. The van der Waals surface area contributed by atoms with Gasteiger partial charge in [-0.25, -0.2) is 19.9 Å². The molecule has 11 aromatic rings. The molecular formula is C53H34N4O2. The van der Waals surface area contributed by atoms with Gasteiger partial charge in [-0.1, -0.05) is 135 Å². The Bertz CT molecular complexity index is 3470. The molecular weight excluding hydrogens is 725 g/mol. The van der Waals surface area contributed by atoms with Crippen molar-refractivity contribution in [3.8, 4) is 67.9 Å². The SMILES string of the molecule is CC1(C)c2ccccc2-c2ccc(-c3nc(-c4ccccc4)nc(-c4cccc(-c5ccc6oc7ccc8ccc9nc(-c%10ccccc%10)oc9c8c7c6c5)c4)n3)cc21. The molecule has 0 fully saturated rings. The van der Waals surface area contributed by atoms with Crippen molar-refractivity contribution in [3.63, 3.8) is 0 Å². The molecule has 1 aliphatic rings. The van der Waals surface area contributed by atoms with E-state index in [1.807, 2.05) is 72.8 Å². The second-order valence-corrected chi connectivity index (χ2v) is 15.8. The van der Waals surface area contributed by atoms with E-state index in [4.69, 9.17) is 28.8 Å². The van der Waals surface area contributed by atoms with E-state index in [0.29, 0.717) is 23.4 Å². The van der Waals surface area contributed by atoms with Crippen LogP contribution in [0.2, 0.25) is 0 Å². The van der Waals surface area contributed by atoms with Gasteiger partial charge in [0.1, 0.15) is 16.7 Å². The highest BCUT2D eigenvalue weighted by molar-refractivity contribution is 6.25. The molecule has 3 aromatic heterocycles. The van der Waals surface area contributed by atoms with Crippen LogP contribution >= 0.6 is 0 Å². The summed E-state index contributed by atoms with van der Waals surface area (Å²) < 4.78 is 13.0. The summed E-state index contributed by atoms with van der Waals surface area (Å²) in [6.07, 6.45) is 0. The maximum Gasteiger partial charge on any atom is 0.227 e.